The van der Waals surface area contributed by atoms with Crippen molar-refractivity contribution >= 4 is 49.4 Å². The normalized spacial score (nSPS) is 13.9. The Bertz CT molecular complexity index is 3880. The van der Waals surface area contributed by atoms with Crippen molar-refractivity contribution in [2.24, 2.45) is 0 Å². The van der Waals surface area contributed by atoms with Crippen LogP contribution in [-0.4, -0.2) is 0 Å². The maximum Gasteiger partial charge on any atom is 0.0540 e. The lowest BCUT2D eigenvalue weighted by Crippen LogP contribution is -2.22. The number of anilines is 3. The van der Waals surface area contributed by atoms with Crippen molar-refractivity contribution in [2.75, 3.05) is 4.90 Å². The van der Waals surface area contributed by atoms with Crippen LogP contribution in [0, 0.1) is 0 Å². The van der Waals surface area contributed by atoms with Crippen molar-refractivity contribution in [1.82, 2.24) is 0 Å². The Morgan fingerprint density at radius 3 is 1.57 bits per heavy atom. The van der Waals surface area contributed by atoms with Gasteiger partial charge in [0.15, 0.2) is 0 Å². The third kappa shape index (κ3) is 6.61. The lowest BCUT2D eigenvalue weighted by Gasteiger charge is -2.29. The molecule has 0 radical (unpaired) electrons. The highest BCUT2D eigenvalue weighted by Gasteiger charge is 2.41. The second kappa shape index (κ2) is 16.5. The molecule has 1 unspecified atom stereocenters. The van der Waals surface area contributed by atoms with Crippen LogP contribution in [0.3, 0.4) is 0 Å². The molecule has 1 nitrogen and oxygen atoms in total. The van der Waals surface area contributed by atoms with E-state index in [9.17, 15) is 0 Å². The molecule has 69 heavy (non-hydrogen) atoms. The first-order chi connectivity index (χ1) is 34.1. The molecule has 0 aromatic heterocycles. The predicted molar refractivity (Wildman–Crippen MR) is 293 cm³/mol. The van der Waals surface area contributed by atoms with Crippen LogP contribution < -0.4 is 4.90 Å². The second-order valence-corrected chi connectivity index (χ2v) is 18.5. The number of fused-ring (bicyclic) bond motifs is 7. The van der Waals surface area contributed by atoms with Gasteiger partial charge in [-0.3, -0.25) is 0 Å². The Morgan fingerprint density at radius 1 is 0.290 bits per heavy atom. The van der Waals surface area contributed by atoms with E-state index in [-0.39, 0.29) is 5.41 Å². The van der Waals surface area contributed by atoms with Gasteiger partial charge in [0, 0.05) is 22.4 Å². The zero-order chi connectivity index (χ0) is 45.9. The summed E-state index contributed by atoms with van der Waals surface area (Å²) in [6, 6.07) is 98.3. The topological polar surface area (TPSA) is 3.24 Å². The first-order valence-electron chi connectivity index (χ1n) is 24.0. The highest BCUT2D eigenvalue weighted by Crippen LogP contribution is 2.55. The molecule has 0 saturated heterocycles. The van der Waals surface area contributed by atoms with E-state index >= 15 is 0 Å². The summed E-state index contributed by atoms with van der Waals surface area (Å²) in [5.74, 6) is 0. The van der Waals surface area contributed by atoms with Gasteiger partial charge in [-0.25, -0.2) is 0 Å². The van der Waals surface area contributed by atoms with Crippen molar-refractivity contribution in [1.29, 1.82) is 0 Å². The number of benzene rings is 12. The van der Waals surface area contributed by atoms with Crippen molar-refractivity contribution in [3.63, 3.8) is 0 Å². The second-order valence-electron chi connectivity index (χ2n) is 18.5. The molecular formula is C68H47N. The van der Waals surface area contributed by atoms with Gasteiger partial charge in [-0.2, -0.15) is 0 Å². The van der Waals surface area contributed by atoms with Gasteiger partial charge in [-0.1, -0.05) is 237 Å². The molecule has 0 amide bonds. The fourth-order valence-corrected chi connectivity index (χ4v) is 11.5. The number of hydrogen-bond donors (Lipinski definition) is 0. The largest absolute Gasteiger partial charge is 0.310 e. The molecule has 1 aliphatic rings. The molecule has 13 rings (SSSR count). The number of nitrogens with zero attached hydrogens (tertiary/aromatic N) is 1. The predicted octanol–water partition coefficient (Wildman–Crippen LogP) is 18.6. The molecule has 1 aliphatic carbocycles. The molecule has 1 atom stereocenters. The van der Waals surface area contributed by atoms with Crippen LogP contribution in [0.5, 0.6) is 0 Å². The molecule has 0 heterocycles. The van der Waals surface area contributed by atoms with Crippen molar-refractivity contribution < 1.29 is 0 Å². The summed E-state index contributed by atoms with van der Waals surface area (Å²) >= 11 is 0. The maximum atomic E-state index is 2.45. The van der Waals surface area contributed by atoms with Crippen LogP contribution in [0.4, 0.5) is 17.1 Å². The fourth-order valence-electron chi connectivity index (χ4n) is 11.5. The minimum atomic E-state index is -0.266. The SMILES string of the molecule is CC1(c2ccccc2)c2ccccc2-c2c(-c3ccc(N(c4ccc(-c5cccc6c5ccc5ccccc56)cc4)c4ccccc4-c4cccc5cccc(-c6ccccc6)c45)cc3)cccc21. The third-order valence-corrected chi connectivity index (χ3v) is 14.8. The first-order valence-corrected chi connectivity index (χ1v) is 24.0. The minimum absolute atomic E-state index is 0.266. The van der Waals surface area contributed by atoms with Gasteiger partial charge in [0.1, 0.15) is 0 Å². The van der Waals surface area contributed by atoms with Gasteiger partial charge in [-0.05, 0) is 136 Å². The van der Waals surface area contributed by atoms with E-state index in [2.05, 4.69) is 279 Å². The number of rotatable bonds is 8. The van der Waals surface area contributed by atoms with Crippen molar-refractivity contribution in [2.45, 2.75) is 12.3 Å². The van der Waals surface area contributed by atoms with Crippen LogP contribution in [0.1, 0.15) is 23.6 Å². The summed E-state index contributed by atoms with van der Waals surface area (Å²) in [5.41, 5.74) is 19.3. The smallest absolute Gasteiger partial charge is 0.0540 e. The third-order valence-electron chi connectivity index (χ3n) is 14.8. The molecule has 0 N–H and O–H groups in total. The summed E-state index contributed by atoms with van der Waals surface area (Å²) in [6.07, 6.45) is 0. The Hall–Kier alpha value is -8.78. The van der Waals surface area contributed by atoms with E-state index in [1.54, 1.807) is 0 Å². The molecule has 0 fully saturated rings. The highest BCUT2D eigenvalue weighted by atomic mass is 15.1. The molecule has 0 aliphatic heterocycles. The average Bonchev–Trinajstić information content (AvgIpc) is 3.70. The zero-order valence-corrected chi connectivity index (χ0v) is 38.4. The lowest BCUT2D eigenvalue weighted by molar-refractivity contribution is 0.714. The van der Waals surface area contributed by atoms with Crippen LogP contribution in [0.2, 0.25) is 0 Å². The van der Waals surface area contributed by atoms with Crippen LogP contribution in [-0.2, 0) is 5.41 Å². The van der Waals surface area contributed by atoms with Gasteiger partial charge < -0.3 is 4.90 Å². The van der Waals surface area contributed by atoms with Crippen molar-refractivity contribution in [3.05, 3.63) is 284 Å². The van der Waals surface area contributed by atoms with Gasteiger partial charge >= 0.3 is 0 Å². The highest BCUT2D eigenvalue weighted by molar-refractivity contribution is 6.12. The molecule has 12 aromatic carbocycles. The summed E-state index contributed by atoms with van der Waals surface area (Å²) in [4.78, 5) is 2.45. The van der Waals surface area contributed by atoms with Gasteiger partial charge in [0.2, 0.25) is 0 Å². The van der Waals surface area contributed by atoms with E-state index in [0.717, 1.165) is 17.1 Å². The number of para-hydroxylation sites is 1. The zero-order valence-electron chi connectivity index (χ0n) is 38.4. The minimum Gasteiger partial charge on any atom is -0.310 e. The van der Waals surface area contributed by atoms with Crippen LogP contribution in [0.15, 0.2) is 267 Å². The average molecular weight is 878 g/mol. The quantitative estimate of drug-likeness (QED) is 0.138. The molecule has 0 spiro atoms. The molecule has 324 valence electrons. The summed E-state index contributed by atoms with van der Waals surface area (Å²) in [6.45, 7) is 2.39. The Morgan fingerprint density at radius 2 is 0.797 bits per heavy atom. The van der Waals surface area contributed by atoms with Crippen molar-refractivity contribution in [3.8, 4) is 55.6 Å². The van der Waals surface area contributed by atoms with Gasteiger partial charge in [-0.15, -0.1) is 0 Å². The Labute approximate surface area is 403 Å². The van der Waals surface area contributed by atoms with Crippen LogP contribution in [0.25, 0.3) is 88.0 Å². The Balaban J connectivity index is 0.975. The molecule has 1 heteroatoms. The summed E-state index contributed by atoms with van der Waals surface area (Å²) < 4.78 is 0. The van der Waals surface area contributed by atoms with Crippen LogP contribution >= 0.6 is 0 Å². The van der Waals surface area contributed by atoms with E-state index in [1.807, 2.05) is 0 Å². The lowest BCUT2D eigenvalue weighted by atomic mass is 9.74. The van der Waals surface area contributed by atoms with E-state index in [0.29, 0.717) is 0 Å². The molecule has 12 aromatic rings. The maximum absolute atomic E-state index is 2.45. The standard InChI is InChI=1S/C68H47N/c1-68(51-23-6-3-7-24-51)63-33-12-10-27-62(63)67-57(30-17-34-64(67)68)49-38-43-53(44-39-49)69(52-41-36-48(37-42-52)55-28-16-31-58-54-25-9-8-20-47(54)40-45-59(55)58)65-35-13-11-26-60(65)61-32-15-22-50-21-14-29-56(66(50)61)46-18-4-2-5-19-46/h2-45H,1H3. The molecule has 0 bridgehead atoms. The van der Waals surface area contributed by atoms with E-state index in [4.69, 9.17) is 0 Å². The van der Waals surface area contributed by atoms with Gasteiger partial charge in [0.25, 0.3) is 0 Å². The summed E-state index contributed by atoms with van der Waals surface area (Å²) in [7, 11) is 0. The molecule has 0 saturated carbocycles. The fraction of sp³-hybridized carbons (Fsp3) is 0.0294. The molecular weight excluding hydrogens is 831 g/mol. The number of hydrogen-bond acceptors (Lipinski definition) is 1. The van der Waals surface area contributed by atoms with E-state index in [1.165, 1.54) is 105 Å². The Kier molecular flexibility index (Phi) is 9.70. The summed E-state index contributed by atoms with van der Waals surface area (Å²) in [5, 5.41) is 7.52. The van der Waals surface area contributed by atoms with Gasteiger partial charge in [0.05, 0.1) is 5.69 Å². The monoisotopic (exact) mass is 877 g/mol. The first kappa shape index (κ1) is 40.5. The van der Waals surface area contributed by atoms with E-state index < -0.39 is 0 Å².